The van der Waals surface area contributed by atoms with Crippen LogP contribution < -0.4 is 4.90 Å². The summed E-state index contributed by atoms with van der Waals surface area (Å²) in [6.45, 7) is 4.04. The topological polar surface area (TPSA) is 120 Å². The van der Waals surface area contributed by atoms with Gasteiger partial charge in [0.05, 0.1) is 54.6 Å². The molecule has 216 valence electrons. The van der Waals surface area contributed by atoms with Crippen LogP contribution in [0.4, 0.5) is 14.9 Å². The average Bonchev–Trinajstić information content (AvgIpc) is 3.46. The van der Waals surface area contributed by atoms with Gasteiger partial charge < -0.3 is 9.64 Å². The second-order valence-corrected chi connectivity index (χ2v) is 11.7. The number of ether oxygens (including phenoxy) is 1. The van der Waals surface area contributed by atoms with Crippen LogP contribution in [0.3, 0.4) is 0 Å². The molecule has 0 bridgehead atoms. The number of nitrogens with zero attached hydrogens (tertiary/aromatic N) is 8. The molecular weight excluding hydrogens is 539 g/mol. The zero-order chi connectivity index (χ0) is 28.8. The Bertz CT molecular complexity index is 1530. The number of amides is 2. The Kier molecular flexibility index (Phi) is 6.61. The van der Waals surface area contributed by atoms with E-state index >= 15 is 4.39 Å². The summed E-state index contributed by atoms with van der Waals surface area (Å²) in [6, 6.07) is 10.8. The number of halogens is 1. The van der Waals surface area contributed by atoms with E-state index in [2.05, 4.69) is 21.3 Å². The highest BCUT2D eigenvalue weighted by molar-refractivity contribution is 5.90. The highest BCUT2D eigenvalue weighted by atomic mass is 19.1. The van der Waals surface area contributed by atoms with Crippen molar-refractivity contribution in [2.24, 2.45) is 11.8 Å². The van der Waals surface area contributed by atoms with Gasteiger partial charge in [-0.05, 0) is 50.2 Å². The number of hydrogen-bond donors (Lipinski definition) is 0. The lowest BCUT2D eigenvalue weighted by molar-refractivity contribution is -0.132. The maximum atomic E-state index is 15.3. The van der Waals surface area contributed by atoms with Crippen molar-refractivity contribution in [1.82, 2.24) is 29.8 Å². The van der Waals surface area contributed by atoms with Gasteiger partial charge in [-0.2, -0.15) is 5.26 Å². The number of hydrogen-bond acceptors (Lipinski definition) is 8. The number of anilines is 1. The first-order chi connectivity index (χ1) is 20.5. The van der Waals surface area contributed by atoms with Gasteiger partial charge in [0.2, 0.25) is 5.91 Å². The molecule has 42 heavy (non-hydrogen) atoms. The van der Waals surface area contributed by atoms with Crippen molar-refractivity contribution in [3.05, 3.63) is 60.4 Å². The summed E-state index contributed by atoms with van der Waals surface area (Å²) in [7, 11) is 0. The monoisotopic (exact) mass is 570 g/mol. The Morgan fingerprint density at radius 3 is 2.74 bits per heavy atom. The molecule has 1 aliphatic carbocycles. The molecule has 1 saturated carbocycles. The molecule has 2 aromatic heterocycles. The Morgan fingerprint density at radius 1 is 1.17 bits per heavy atom. The number of rotatable bonds is 7. The number of aromatic nitrogens is 4. The van der Waals surface area contributed by atoms with Crippen molar-refractivity contribution in [2.45, 2.75) is 37.3 Å². The van der Waals surface area contributed by atoms with Crippen molar-refractivity contribution < 1.29 is 18.7 Å². The van der Waals surface area contributed by atoms with Gasteiger partial charge in [0.25, 0.3) is 0 Å². The standard InChI is InChI=1S/C30H31FN8O3/c31-26-12-21(39-16-22(42-29(39)41)15-38-11-8-34-35-38)5-6-23(26)20-4-7-27(33-14-20)30-19-37(17-25(30)24(30)13-32)28(40)18-36-9-2-1-3-10-36/h4-8,11-12,14,22,24-25H,1-3,9-10,15-19H2/t22-,24-,25+,30+/m0/s1. The van der Waals surface area contributed by atoms with Crippen LogP contribution in [0.15, 0.2) is 48.9 Å². The molecule has 0 radical (unpaired) electrons. The van der Waals surface area contributed by atoms with Crippen molar-refractivity contribution in [3.8, 4) is 17.2 Å². The average molecular weight is 571 g/mol. The van der Waals surface area contributed by atoms with Crippen LogP contribution in [-0.4, -0.2) is 87.2 Å². The number of fused-ring (bicyclic) bond motifs is 1. The zero-order valence-electron chi connectivity index (χ0n) is 23.1. The summed E-state index contributed by atoms with van der Waals surface area (Å²) in [5.74, 6) is -0.483. The quantitative estimate of drug-likeness (QED) is 0.425. The predicted molar refractivity (Wildman–Crippen MR) is 148 cm³/mol. The molecule has 4 aliphatic rings. The molecule has 0 unspecified atom stereocenters. The van der Waals surface area contributed by atoms with Gasteiger partial charge in [-0.25, -0.2) is 13.9 Å². The second-order valence-electron chi connectivity index (χ2n) is 11.7. The molecule has 0 spiro atoms. The number of nitriles is 1. The molecule has 4 fully saturated rings. The normalized spacial score (nSPS) is 27.0. The van der Waals surface area contributed by atoms with E-state index in [1.54, 1.807) is 35.4 Å². The third kappa shape index (κ3) is 4.58. The van der Waals surface area contributed by atoms with Gasteiger partial charge in [-0.3, -0.25) is 19.6 Å². The SMILES string of the molecule is N#C[C@H]1[C@H]2CN(C(=O)CN3CCCCC3)C[C@]21c1ccc(-c2ccc(N3C[C@H](Cn4ccnn4)OC3=O)cc2F)cn1. The minimum atomic E-state index is -0.538. The van der Waals surface area contributed by atoms with E-state index in [9.17, 15) is 14.9 Å². The van der Waals surface area contributed by atoms with Crippen molar-refractivity contribution >= 4 is 17.7 Å². The van der Waals surface area contributed by atoms with E-state index in [0.29, 0.717) is 43.0 Å². The van der Waals surface area contributed by atoms with Crippen molar-refractivity contribution in [3.63, 3.8) is 0 Å². The molecule has 1 aromatic carbocycles. The van der Waals surface area contributed by atoms with E-state index in [1.165, 1.54) is 17.4 Å². The van der Waals surface area contributed by atoms with Crippen LogP contribution >= 0.6 is 0 Å². The minimum absolute atomic E-state index is 0.0655. The second kappa shape index (κ2) is 10.5. The zero-order valence-corrected chi connectivity index (χ0v) is 23.1. The first-order valence-corrected chi connectivity index (χ1v) is 14.4. The molecule has 12 heteroatoms. The molecule has 0 N–H and O–H groups in total. The Morgan fingerprint density at radius 2 is 2.02 bits per heavy atom. The maximum Gasteiger partial charge on any atom is 0.414 e. The first-order valence-electron chi connectivity index (χ1n) is 14.4. The van der Waals surface area contributed by atoms with Crippen LogP contribution in [-0.2, 0) is 21.5 Å². The molecule has 2 amide bonds. The summed E-state index contributed by atoms with van der Waals surface area (Å²) >= 11 is 0. The Hall–Kier alpha value is -4.37. The number of pyridine rings is 1. The lowest BCUT2D eigenvalue weighted by Crippen LogP contribution is -2.43. The van der Waals surface area contributed by atoms with Gasteiger partial charge in [-0.15, -0.1) is 5.10 Å². The molecule has 7 rings (SSSR count). The molecule has 3 aromatic rings. The number of carbonyl (C=O) groups is 2. The van der Waals surface area contributed by atoms with Crippen molar-refractivity contribution in [2.75, 3.05) is 44.2 Å². The lowest BCUT2D eigenvalue weighted by atomic mass is 9.96. The molecule has 3 saturated heterocycles. The predicted octanol–water partition coefficient (Wildman–Crippen LogP) is 2.84. The fraction of sp³-hybridized carbons (Fsp3) is 0.467. The van der Waals surface area contributed by atoms with Gasteiger partial charge in [0.15, 0.2) is 0 Å². The summed E-state index contributed by atoms with van der Waals surface area (Å²) < 4.78 is 22.3. The molecule has 4 atom stereocenters. The maximum absolute atomic E-state index is 15.3. The third-order valence-corrected chi connectivity index (χ3v) is 9.23. The van der Waals surface area contributed by atoms with Crippen LogP contribution in [0.25, 0.3) is 11.1 Å². The largest absolute Gasteiger partial charge is 0.442 e. The van der Waals surface area contributed by atoms with Crippen molar-refractivity contribution in [1.29, 1.82) is 5.26 Å². The minimum Gasteiger partial charge on any atom is -0.442 e. The van der Waals surface area contributed by atoms with Crippen LogP contribution in [0.2, 0.25) is 0 Å². The van der Waals surface area contributed by atoms with Crippen LogP contribution in [0, 0.1) is 29.0 Å². The highest BCUT2D eigenvalue weighted by Crippen LogP contribution is 2.63. The third-order valence-electron chi connectivity index (χ3n) is 9.23. The fourth-order valence-corrected chi connectivity index (χ4v) is 6.96. The van der Waals surface area contributed by atoms with Crippen LogP contribution in [0.5, 0.6) is 0 Å². The van der Waals surface area contributed by atoms with E-state index in [-0.39, 0.29) is 24.3 Å². The Labute approximate surface area is 242 Å². The summed E-state index contributed by atoms with van der Waals surface area (Å²) in [6.07, 6.45) is 7.39. The van der Waals surface area contributed by atoms with Gasteiger partial charge in [0.1, 0.15) is 11.9 Å². The smallest absolute Gasteiger partial charge is 0.414 e. The summed E-state index contributed by atoms with van der Waals surface area (Å²) in [5.41, 5.74) is 1.66. The number of carbonyl (C=O) groups excluding carboxylic acids is 2. The lowest BCUT2D eigenvalue weighted by Gasteiger charge is -2.29. The van der Waals surface area contributed by atoms with E-state index in [0.717, 1.165) is 31.6 Å². The Balaban J connectivity index is 1.04. The van der Waals surface area contributed by atoms with E-state index in [1.807, 2.05) is 17.0 Å². The first kappa shape index (κ1) is 26.5. The van der Waals surface area contributed by atoms with Crippen LogP contribution in [0.1, 0.15) is 25.0 Å². The van der Waals surface area contributed by atoms with Gasteiger partial charge in [-0.1, -0.05) is 17.7 Å². The number of cyclic esters (lactones) is 1. The molecule has 11 nitrogen and oxygen atoms in total. The van der Waals surface area contributed by atoms with Gasteiger partial charge in [0, 0.05) is 42.5 Å². The summed E-state index contributed by atoms with van der Waals surface area (Å²) in [4.78, 5) is 35.7. The van der Waals surface area contributed by atoms with Gasteiger partial charge >= 0.3 is 6.09 Å². The molecule has 3 aliphatic heterocycles. The number of benzene rings is 1. The number of likely N-dealkylation sites (tertiary alicyclic amines) is 2. The van der Waals surface area contributed by atoms with E-state index < -0.39 is 23.4 Å². The molecular formula is C30H31FN8O3. The highest BCUT2D eigenvalue weighted by Gasteiger charge is 2.71. The van der Waals surface area contributed by atoms with E-state index in [4.69, 9.17) is 9.72 Å². The molecule has 5 heterocycles. The number of piperidine rings is 2. The fourth-order valence-electron chi connectivity index (χ4n) is 6.96. The summed E-state index contributed by atoms with van der Waals surface area (Å²) in [5, 5.41) is 17.5.